The molecular formula is C73H58IN3. The maximum Gasteiger partial charge on any atom is 0.0641 e. The van der Waals surface area contributed by atoms with Crippen molar-refractivity contribution in [1.82, 2.24) is 9.13 Å². The average Bonchev–Trinajstić information content (AvgIpc) is 4.13. The topological polar surface area (TPSA) is 13.1 Å². The summed E-state index contributed by atoms with van der Waals surface area (Å²) < 4.78 is 4.91. The monoisotopic (exact) mass is 1100 g/mol. The van der Waals surface area contributed by atoms with Gasteiger partial charge in [-0.25, -0.2) is 0 Å². The summed E-state index contributed by atoms with van der Waals surface area (Å²) >= 11 is 0. The molecule has 0 aliphatic carbocycles. The Balaban J connectivity index is 0.000000581. The SMILES string of the molecule is C=C(/C=C\C=C/C)CC.I.c1ccc(-c2ccc(N(c3ccc(-c4ccc(-n5c6ccccc6c6ccc7c(c8ccccc8n7-c7ccc8ccccc8c7)c65)cc4)cc3)c3cccc(-c4ccccc4)c3)cc2)cc1. The summed E-state index contributed by atoms with van der Waals surface area (Å²) in [6.45, 7) is 7.92. The number of hydrogen-bond donors (Lipinski definition) is 0. The Bertz CT molecular complexity index is 4260. The number of para-hydroxylation sites is 2. The maximum absolute atomic E-state index is 3.82. The number of benzene rings is 11. The van der Waals surface area contributed by atoms with E-state index in [9.17, 15) is 0 Å². The number of rotatable bonds is 11. The Morgan fingerprint density at radius 2 is 0.922 bits per heavy atom. The third-order valence-electron chi connectivity index (χ3n) is 14.6. The largest absolute Gasteiger partial charge is 0.310 e. The first-order valence-corrected chi connectivity index (χ1v) is 26.3. The van der Waals surface area contributed by atoms with Crippen LogP contribution >= 0.6 is 24.0 Å². The molecule has 0 amide bonds. The van der Waals surface area contributed by atoms with Crippen molar-refractivity contribution >= 4 is 95.4 Å². The predicted molar refractivity (Wildman–Crippen MR) is 342 cm³/mol. The molecular weight excluding hydrogens is 1050 g/mol. The van der Waals surface area contributed by atoms with Crippen LogP contribution in [0.1, 0.15) is 20.3 Å². The Kier molecular flexibility index (Phi) is 14.7. The number of fused-ring (bicyclic) bond motifs is 8. The van der Waals surface area contributed by atoms with Crippen LogP contribution in [-0.4, -0.2) is 9.13 Å². The van der Waals surface area contributed by atoms with Crippen molar-refractivity contribution in [1.29, 1.82) is 0 Å². The van der Waals surface area contributed by atoms with Crippen molar-refractivity contribution in [3.63, 3.8) is 0 Å². The first-order valence-electron chi connectivity index (χ1n) is 26.3. The summed E-state index contributed by atoms with van der Waals surface area (Å²) in [5, 5.41) is 7.46. The number of nitrogens with zero attached hydrogens (tertiary/aromatic N) is 3. The summed E-state index contributed by atoms with van der Waals surface area (Å²) in [5.74, 6) is 0. The van der Waals surface area contributed by atoms with E-state index in [-0.39, 0.29) is 24.0 Å². The van der Waals surface area contributed by atoms with E-state index in [1.54, 1.807) is 0 Å². The van der Waals surface area contributed by atoms with Crippen molar-refractivity contribution < 1.29 is 0 Å². The van der Waals surface area contributed by atoms with Crippen molar-refractivity contribution in [2.45, 2.75) is 20.3 Å². The van der Waals surface area contributed by atoms with Crippen LogP contribution in [0.15, 0.2) is 297 Å². The molecule has 11 aromatic carbocycles. The van der Waals surface area contributed by atoms with E-state index in [0.717, 1.165) is 40.4 Å². The summed E-state index contributed by atoms with van der Waals surface area (Å²) in [4.78, 5) is 2.36. The molecule has 0 unspecified atom stereocenters. The molecule has 77 heavy (non-hydrogen) atoms. The molecule has 4 heteroatoms. The lowest BCUT2D eigenvalue weighted by atomic mass is 10.0. The molecule has 0 bridgehead atoms. The van der Waals surface area contributed by atoms with Crippen LogP contribution < -0.4 is 4.90 Å². The van der Waals surface area contributed by atoms with Crippen LogP contribution in [0.25, 0.3) is 99.1 Å². The highest BCUT2D eigenvalue weighted by atomic mass is 127. The second-order valence-corrected chi connectivity index (χ2v) is 19.2. The van der Waals surface area contributed by atoms with Gasteiger partial charge >= 0.3 is 0 Å². The van der Waals surface area contributed by atoms with E-state index in [2.05, 4.69) is 288 Å². The Morgan fingerprint density at radius 3 is 1.56 bits per heavy atom. The van der Waals surface area contributed by atoms with Gasteiger partial charge in [0.1, 0.15) is 0 Å². The van der Waals surface area contributed by atoms with Crippen molar-refractivity contribution in [3.8, 4) is 44.8 Å². The summed E-state index contributed by atoms with van der Waals surface area (Å²) in [7, 11) is 0. The summed E-state index contributed by atoms with van der Waals surface area (Å²) in [6.07, 6.45) is 9.07. The van der Waals surface area contributed by atoms with Crippen molar-refractivity contribution in [3.05, 3.63) is 297 Å². The highest BCUT2D eigenvalue weighted by Crippen LogP contribution is 2.43. The quantitative estimate of drug-likeness (QED) is 0.0929. The van der Waals surface area contributed by atoms with E-state index < -0.39 is 0 Å². The molecule has 0 saturated carbocycles. The zero-order valence-electron chi connectivity index (χ0n) is 43.3. The number of hydrogen-bond acceptors (Lipinski definition) is 1. The fourth-order valence-electron chi connectivity index (χ4n) is 10.7. The summed E-state index contributed by atoms with van der Waals surface area (Å²) in [5.41, 5.74) is 18.7. The zero-order valence-corrected chi connectivity index (χ0v) is 45.6. The van der Waals surface area contributed by atoms with E-state index in [1.165, 1.54) is 87.8 Å². The molecule has 0 spiro atoms. The van der Waals surface area contributed by atoms with Gasteiger partial charge in [-0.3, -0.25) is 0 Å². The Morgan fingerprint density at radius 1 is 0.403 bits per heavy atom. The van der Waals surface area contributed by atoms with Gasteiger partial charge in [-0.1, -0.05) is 225 Å². The number of allylic oxidation sites excluding steroid dienone is 5. The van der Waals surface area contributed by atoms with E-state index in [0.29, 0.717) is 0 Å². The number of anilines is 3. The summed E-state index contributed by atoms with van der Waals surface area (Å²) in [6, 6.07) is 94.8. The van der Waals surface area contributed by atoms with E-state index in [4.69, 9.17) is 0 Å². The van der Waals surface area contributed by atoms with Crippen LogP contribution in [0.5, 0.6) is 0 Å². The molecule has 0 fully saturated rings. The molecule has 0 radical (unpaired) electrons. The van der Waals surface area contributed by atoms with Gasteiger partial charge < -0.3 is 14.0 Å². The van der Waals surface area contributed by atoms with Gasteiger partial charge in [0.25, 0.3) is 0 Å². The average molecular weight is 1100 g/mol. The predicted octanol–water partition coefficient (Wildman–Crippen LogP) is 21.2. The standard InChI is InChI=1S/C64H43N3.C9H14.HI/c1-3-14-44(15-4-1)47-26-33-52(34-27-47)65(55-21-13-20-51(42-55)45-16-5-2-6-17-45)53-35-28-48(29-36-53)49-30-37-54(38-31-49)67-60-24-11-9-22-57(60)58-40-41-62-63(64(58)67)59-23-10-12-25-61(59)66(62)56-39-32-46-18-7-8-19-50(46)43-56;1-4-6-7-8-9(3)5-2;/h1-43H;4,6-8H,3,5H2,1-2H3;1H/b;6-4-,8-7-;. The Labute approximate surface area is 468 Å². The molecule has 0 atom stereocenters. The van der Waals surface area contributed by atoms with E-state index >= 15 is 0 Å². The molecule has 13 aromatic rings. The van der Waals surface area contributed by atoms with Gasteiger partial charge in [-0.15, -0.1) is 24.0 Å². The van der Waals surface area contributed by atoms with Crippen LogP contribution in [0.3, 0.4) is 0 Å². The molecule has 0 aliphatic heterocycles. The second-order valence-electron chi connectivity index (χ2n) is 19.2. The lowest BCUT2D eigenvalue weighted by Crippen LogP contribution is -2.10. The van der Waals surface area contributed by atoms with Gasteiger partial charge in [-0.2, -0.15) is 0 Å². The maximum atomic E-state index is 3.82. The van der Waals surface area contributed by atoms with Crippen molar-refractivity contribution in [2.24, 2.45) is 0 Å². The molecule has 2 aromatic heterocycles. The highest BCUT2D eigenvalue weighted by molar-refractivity contribution is 14.0. The third kappa shape index (κ3) is 9.92. The number of aromatic nitrogens is 2. The molecule has 2 heterocycles. The first-order chi connectivity index (χ1) is 37.5. The van der Waals surface area contributed by atoms with E-state index in [1.807, 2.05) is 31.2 Å². The van der Waals surface area contributed by atoms with Crippen molar-refractivity contribution in [2.75, 3.05) is 4.90 Å². The van der Waals surface area contributed by atoms with Crippen LogP contribution in [-0.2, 0) is 0 Å². The van der Waals surface area contributed by atoms with Gasteiger partial charge in [0, 0.05) is 50.0 Å². The second kappa shape index (κ2) is 22.5. The Hall–Kier alpha value is -8.97. The first kappa shape index (κ1) is 50.2. The van der Waals surface area contributed by atoms with Gasteiger partial charge in [-0.05, 0) is 136 Å². The third-order valence-corrected chi connectivity index (χ3v) is 14.6. The zero-order chi connectivity index (χ0) is 51.4. The number of halogens is 1. The van der Waals surface area contributed by atoms with Gasteiger partial charge in [0.2, 0.25) is 0 Å². The lowest BCUT2D eigenvalue weighted by molar-refractivity contribution is 1.16. The minimum atomic E-state index is 0. The molecule has 0 aliphatic rings. The molecule has 372 valence electrons. The lowest BCUT2D eigenvalue weighted by Gasteiger charge is -2.26. The van der Waals surface area contributed by atoms with Gasteiger partial charge in [0.15, 0.2) is 0 Å². The molecule has 0 N–H and O–H groups in total. The molecule has 0 saturated heterocycles. The van der Waals surface area contributed by atoms with Crippen LogP contribution in [0.4, 0.5) is 17.1 Å². The van der Waals surface area contributed by atoms with Crippen LogP contribution in [0, 0.1) is 0 Å². The smallest absolute Gasteiger partial charge is 0.0641 e. The highest BCUT2D eigenvalue weighted by Gasteiger charge is 2.21. The fraction of sp³-hybridized carbons (Fsp3) is 0.0411. The normalized spacial score (nSPS) is 11.4. The molecule has 3 nitrogen and oxygen atoms in total. The molecule has 13 rings (SSSR count). The fourth-order valence-corrected chi connectivity index (χ4v) is 10.7. The minimum absolute atomic E-state index is 0. The van der Waals surface area contributed by atoms with Crippen LogP contribution in [0.2, 0.25) is 0 Å². The minimum Gasteiger partial charge on any atom is -0.310 e. The van der Waals surface area contributed by atoms with Gasteiger partial charge in [0.05, 0.1) is 22.1 Å².